The van der Waals surface area contributed by atoms with Gasteiger partial charge in [-0.2, -0.15) is 0 Å². The second kappa shape index (κ2) is 5.18. The van der Waals surface area contributed by atoms with Crippen molar-refractivity contribution in [1.82, 2.24) is 15.3 Å². The molecular formula is C12H15N3S. The zero-order valence-electron chi connectivity index (χ0n) is 9.47. The van der Waals surface area contributed by atoms with E-state index < -0.39 is 0 Å². The molecule has 0 aliphatic heterocycles. The molecule has 0 radical (unpaired) electrons. The fourth-order valence-corrected chi connectivity index (χ4v) is 2.07. The Hall–Kier alpha value is -1.26. The van der Waals surface area contributed by atoms with Crippen LogP contribution in [0.1, 0.15) is 29.2 Å². The Morgan fingerprint density at radius 1 is 1.38 bits per heavy atom. The molecule has 0 aromatic carbocycles. The largest absolute Gasteiger partial charge is 0.302 e. The SMILES string of the molecule is Cc1ccc(CNC(C)c2nccs2)nc1. The van der Waals surface area contributed by atoms with Gasteiger partial charge in [-0.1, -0.05) is 6.07 Å². The Labute approximate surface area is 99.6 Å². The van der Waals surface area contributed by atoms with E-state index in [0.29, 0.717) is 0 Å². The van der Waals surface area contributed by atoms with E-state index >= 15 is 0 Å². The molecule has 0 saturated heterocycles. The van der Waals surface area contributed by atoms with Crippen molar-refractivity contribution in [3.05, 3.63) is 46.2 Å². The maximum absolute atomic E-state index is 4.35. The van der Waals surface area contributed by atoms with Crippen molar-refractivity contribution in [3.63, 3.8) is 0 Å². The minimum absolute atomic E-state index is 0.281. The van der Waals surface area contributed by atoms with Crippen molar-refractivity contribution in [2.45, 2.75) is 26.4 Å². The van der Waals surface area contributed by atoms with E-state index in [1.165, 1.54) is 5.56 Å². The first-order valence-corrected chi connectivity index (χ1v) is 6.18. The topological polar surface area (TPSA) is 37.8 Å². The third-order valence-corrected chi connectivity index (χ3v) is 3.34. The highest BCUT2D eigenvalue weighted by atomic mass is 32.1. The Morgan fingerprint density at radius 2 is 2.25 bits per heavy atom. The molecule has 0 spiro atoms. The smallest absolute Gasteiger partial charge is 0.109 e. The minimum atomic E-state index is 0.281. The second-order valence-corrected chi connectivity index (χ2v) is 4.73. The number of aryl methyl sites for hydroxylation is 1. The molecule has 1 unspecified atom stereocenters. The van der Waals surface area contributed by atoms with Gasteiger partial charge in [-0.25, -0.2) is 4.98 Å². The Morgan fingerprint density at radius 3 is 2.88 bits per heavy atom. The number of pyridine rings is 1. The first-order chi connectivity index (χ1) is 7.75. The minimum Gasteiger partial charge on any atom is -0.302 e. The van der Waals surface area contributed by atoms with Crippen LogP contribution in [-0.2, 0) is 6.54 Å². The predicted molar refractivity (Wildman–Crippen MR) is 66.3 cm³/mol. The molecule has 2 aromatic rings. The standard InChI is InChI=1S/C12H15N3S/c1-9-3-4-11(15-7-9)8-14-10(2)12-13-5-6-16-12/h3-7,10,14H,8H2,1-2H3. The molecule has 2 aromatic heterocycles. The highest BCUT2D eigenvalue weighted by molar-refractivity contribution is 7.09. The van der Waals surface area contributed by atoms with Gasteiger partial charge < -0.3 is 5.32 Å². The molecule has 4 heteroatoms. The van der Waals surface area contributed by atoms with Gasteiger partial charge in [-0.05, 0) is 25.5 Å². The summed E-state index contributed by atoms with van der Waals surface area (Å²) in [6.07, 6.45) is 3.73. The highest BCUT2D eigenvalue weighted by Crippen LogP contribution is 2.14. The van der Waals surface area contributed by atoms with Gasteiger partial charge in [-0.15, -0.1) is 11.3 Å². The third kappa shape index (κ3) is 2.87. The molecule has 0 aliphatic rings. The zero-order valence-corrected chi connectivity index (χ0v) is 10.3. The number of nitrogens with one attached hydrogen (secondary N) is 1. The number of aromatic nitrogens is 2. The summed E-state index contributed by atoms with van der Waals surface area (Å²) in [5, 5.41) is 6.52. The van der Waals surface area contributed by atoms with E-state index in [0.717, 1.165) is 17.2 Å². The summed E-state index contributed by atoms with van der Waals surface area (Å²) in [5.74, 6) is 0. The molecule has 0 saturated carbocycles. The zero-order chi connectivity index (χ0) is 11.4. The lowest BCUT2D eigenvalue weighted by Gasteiger charge is -2.10. The molecule has 0 bridgehead atoms. The summed E-state index contributed by atoms with van der Waals surface area (Å²) in [5.41, 5.74) is 2.26. The maximum Gasteiger partial charge on any atom is 0.109 e. The molecule has 84 valence electrons. The summed E-state index contributed by atoms with van der Waals surface area (Å²) >= 11 is 1.67. The van der Waals surface area contributed by atoms with Gasteiger partial charge >= 0.3 is 0 Å². The summed E-state index contributed by atoms with van der Waals surface area (Å²) < 4.78 is 0. The van der Waals surface area contributed by atoms with Gasteiger partial charge in [0.1, 0.15) is 5.01 Å². The van der Waals surface area contributed by atoms with Crippen LogP contribution in [0.4, 0.5) is 0 Å². The highest BCUT2D eigenvalue weighted by Gasteiger charge is 2.06. The van der Waals surface area contributed by atoms with Gasteiger partial charge in [0.2, 0.25) is 0 Å². The van der Waals surface area contributed by atoms with Crippen LogP contribution >= 0.6 is 11.3 Å². The van der Waals surface area contributed by atoms with Crippen molar-refractivity contribution in [2.24, 2.45) is 0 Å². The number of nitrogens with zero attached hydrogens (tertiary/aromatic N) is 2. The molecule has 1 atom stereocenters. The van der Waals surface area contributed by atoms with Gasteiger partial charge in [-0.3, -0.25) is 4.98 Å². The molecule has 1 N–H and O–H groups in total. The van der Waals surface area contributed by atoms with Crippen LogP contribution in [0.3, 0.4) is 0 Å². The van der Waals surface area contributed by atoms with Crippen LogP contribution in [0.25, 0.3) is 0 Å². The second-order valence-electron chi connectivity index (χ2n) is 3.80. The number of rotatable bonds is 4. The molecule has 3 nitrogen and oxygen atoms in total. The predicted octanol–water partition coefficient (Wildman–Crippen LogP) is 2.70. The summed E-state index contributed by atoms with van der Waals surface area (Å²) in [4.78, 5) is 8.63. The van der Waals surface area contributed by atoms with Gasteiger partial charge in [0.05, 0.1) is 11.7 Å². The fraction of sp³-hybridized carbons (Fsp3) is 0.333. The van der Waals surface area contributed by atoms with Crippen molar-refractivity contribution >= 4 is 11.3 Å². The number of thiazole rings is 1. The molecule has 0 aliphatic carbocycles. The van der Waals surface area contributed by atoms with E-state index in [9.17, 15) is 0 Å². The first-order valence-electron chi connectivity index (χ1n) is 5.30. The van der Waals surface area contributed by atoms with Crippen LogP contribution in [0, 0.1) is 6.92 Å². The molecule has 2 rings (SSSR count). The van der Waals surface area contributed by atoms with E-state index in [4.69, 9.17) is 0 Å². The van der Waals surface area contributed by atoms with Crippen LogP contribution in [0.5, 0.6) is 0 Å². The Bertz CT molecular complexity index is 422. The van der Waals surface area contributed by atoms with E-state index in [1.807, 2.05) is 24.7 Å². The van der Waals surface area contributed by atoms with Gasteiger partial charge in [0.15, 0.2) is 0 Å². The van der Waals surface area contributed by atoms with Crippen LogP contribution < -0.4 is 5.32 Å². The van der Waals surface area contributed by atoms with E-state index in [1.54, 1.807) is 11.3 Å². The van der Waals surface area contributed by atoms with Gasteiger partial charge in [0.25, 0.3) is 0 Å². The molecule has 2 heterocycles. The van der Waals surface area contributed by atoms with E-state index in [2.05, 4.69) is 34.3 Å². The van der Waals surface area contributed by atoms with Gasteiger partial charge in [0, 0.05) is 24.3 Å². The third-order valence-electron chi connectivity index (χ3n) is 2.38. The first kappa shape index (κ1) is 11.2. The lowest BCUT2D eigenvalue weighted by molar-refractivity contribution is 0.565. The molecule has 16 heavy (non-hydrogen) atoms. The Balaban J connectivity index is 1.90. The Kier molecular flexibility index (Phi) is 3.64. The lowest BCUT2D eigenvalue weighted by atomic mass is 10.2. The van der Waals surface area contributed by atoms with E-state index in [-0.39, 0.29) is 6.04 Å². The molecular weight excluding hydrogens is 218 g/mol. The van der Waals surface area contributed by atoms with Crippen molar-refractivity contribution in [3.8, 4) is 0 Å². The average Bonchev–Trinajstić information content (AvgIpc) is 2.81. The van der Waals surface area contributed by atoms with Crippen LogP contribution in [0.2, 0.25) is 0 Å². The maximum atomic E-state index is 4.35. The van der Waals surface area contributed by atoms with Crippen LogP contribution in [-0.4, -0.2) is 9.97 Å². The quantitative estimate of drug-likeness (QED) is 0.882. The normalized spacial score (nSPS) is 12.6. The fourth-order valence-electron chi connectivity index (χ4n) is 1.40. The number of hydrogen-bond donors (Lipinski definition) is 1. The number of hydrogen-bond acceptors (Lipinski definition) is 4. The molecule has 0 amide bonds. The van der Waals surface area contributed by atoms with Crippen molar-refractivity contribution in [1.29, 1.82) is 0 Å². The summed E-state index contributed by atoms with van der Waals surface area (Å²) in [7, 11) is 0. The monoisotopic (exact) mass is 233 g/mol. The van der Waals surface area contributed by atoms with Crippen molar-refractivity contribution in [2.75, 3.05) is 0 Å². The summed E-state index contributed by atoms with van der Waals surface area (Å²) in [6.45, 7) is 4.94. The van der Waals surface area contributed by atoms with Crippen LogP contribution in [0.15, 0.2) is 29.9 Å². The lowest BCUT2D eigenvalue weighted by Crippen LogP contribution is -2.18. The summed E-state index contributed by atoms with van der Waals surface area (Å²) in [6, 6.07) is 4.41. The molecule has 0 fully saturated rings. The average molecular weight is 233 g/mol. The van der Waals surface area contributed by atoms with Crippen molar-refractivity contribution < 1.29 is 0 Å².